The molecule has 0 radical (unpaired) electrons. The molecule has 0 amide bonds. The summed E-state index contributed by atoms with van der Waals surface area (Å²) in [4.78, 5) is 2.75. The molecular weight excluding hydrogens is 568 g/mol. The van der Waals surface area contributed by atoms with E-state index in [0.717, 1.165) is 0 Å². The van der Waals surface area contributed by atoms with Crippen molar-refractivity contribution >= 4 is 64.7 Å². The van der Waals surface area contributed by atoms with Crippen LogP contribution in [0.25, 0.3) is 0 Å². The molecule has 5 aromatic carbocycles. The van der Waals surface area contributed by atoms with Gasteiger partial charge in [-0.1, -0.05) is 111 Å². The minimum Gasteiger partial charge on any atom is -0.308 e. The van der Waals surface area contributed by atoms with Gasteiger partial charge in [-0.15, -0.1) is 0 Å². The van der Waals surface area contributed by atoms with Crippen LogP contribution >= 0.6 is 15.8 Å². The number of rotatable bonds is 4. The Kier molecular flexibility index (Phi) is 6.76. The van der Waals surface area contributed by atoms with Crippen LogP contribution in [0.1, 0.15) is 79.9 Å². The molecule has 218 valence electrons. The predicted octanol–water partition coefficient (Wildman–Crippen LogP) is 8.92. The van der Waals surface area contributed by atoms with E-state index in [-0.39, 0.29) is 0 Å². The third kappa shape index (κ3) is 4.35. The molecule has 4 aliphatic rings. The molecule has 0 saturated heterocycles. The topological polar surface area (TPSA) is 3.24 Å². The summed E-state index contributed by atoms with van der Waals surface area (Å²) in [6.45, 7) is 2.32. The first kappa shape index (κ1) is 27.1. The van der Waals surface area contributed by atoms with Crippen LogP contribution in [0.5, 0.6) is 0 Å². The molecule has 0 N–H and O–H groups in total. The smallest absolute Gasteiger partial charge is 0.0629 e. The second kappa shape index (κ2) is 11.0. The number of aryl methyl sites for hydroxylation is 1. The summed E-state index contributed by atoms with van der Waals surface area (Å²) in [7, 11) is -1.36. The van der Waals surface area contributed by atoms with Crippen molar-refractivity contribution in [1.82, 2.24) is 0 Å². The summed E-state index contributed by atoms with van der Waals surface area (Å²) in [5, 5.41) is 9.00. The molecule has 2 aliphatic heterocycles. The maximum absolute atomic E-state index is 2.75. The van der Waals surface area contributed by atoms with Gasteiger partial charge in [0.25, 0.3) is 0 Å². The molecule has 44 heavy (non-hydrogen) atoms. The van der Waals surface area contributed by atoms with E-state index in [9.17, 15) is 0 Å². The van der Waals surface area contributed by atoms with Crippen molar-refractivity contribution in [3.05, 3.63) is 126 Å². The zero-order valence-corrected chi connectivity index (χ0v) is 27.3. The summed E-state index contributed by atoms with van der Waals surface area (Å²) < 4.78 is 0. The van der Waals surface area contributed by atoms with Crippen molar-refractivity contribution in [2.24, 2.45) is 0 Å². The summed E-state index contributed by atoms with van der Waals surface area (Å²) in [5.74, 6) is 1.38. The molecule has 1 nitrogen and oxygen atoms in total. The number of hydrogen-bond donors (Lipinski definition) is 0. The van der Waals surface area contributed by atoms with E-state index in [0.29, 0.717) is 11.8 Å². The molecule has 5 aromatic rings. The molecular formula is C41H39NP2. The van der Waals surface area contributed by atoms with Crippen LogP contribution in [0.3, 0.4) is 0 Å². The number of nitrogens with zero attached hydrogens (tertiary/aromatic N) is 1. The Morgan fingerprint density at radius 3 is 1.36 bits per heavy atom. The van der Waals surface area contributed by atoms with Gasteiger partial charge >= 0.3 is 0 Å². The van der Waals surface area contributed by atoms with Gasteiger partial charge in [-0.05, 0) is 112 Å². The first-order chi connectivity index (χ1) is 21.7. The van der Waals surface area contributed by atoms with Crippen molar-refractivity contribution < 1.29 is 0 Å². The molecule has 3 heteroatoms. The summed E-state index contributed by atoms with van der Waals surface area (Å²) >= 11 is 0. The van der Waals surface area contributed by atoms with Gasteiger partial charge in [-0.25, -0.2) is 0 Å². The van der Waals surface area contributed by atoms with E-state index in [2.05, 4.69) is 121 Å². The van der Waals surface area contributed by atoms with E-state index in [1.54, 1.807) is 11.1 Å². The van der Waals surface area contributed by atoms with E-state index in [1.807, 2.05) is 0 Å². The molecule has 2 aliphatic carbocycles. The fourth-order valence-electron chi connectivity index (χ4n) is 8.50. The van der Waals surface area contributed by atoms with Crippen LogP contribution in [0, 0.1) is 6.92 Å². The van der Waals surface area contributed by atoms with Gasteiger partial charge in [0.15, 0.2) is 0 Å². The van der Waals surface area contributed by atoms with Crippen molar-refractivity contribution in [1.29, 1.82) is 0 Å². The van der Waals surface area contributed by atoms with Crippen molar-refractivity contribution in [3.63, 3.8) is 0 Å². The van der Waals surface area contributed by atoms with Crippen LogP contribution in [0.2, 0.25) is 0 Å². The second-order valence-corrected chi connectivity index (χ2v) is 17.6. The molecule has 2 atom stereocenters. The number of benzene rings is 5. The highest BCUT2D eigenvalue weighted by Gasteiger charge is 2.41. The van der Waals surface area contributed by atoms with Gasteiger partial charge in [-0.3, -0.25) is 0 Å². The van der Waals surface area contributed by atoms with Crippen LogP contribution in [0.4, 0.5) is 17.1 Å². The van der Waals surface area contributed by atoms with Crippen molar-refractivity contribution in [2.75, 3.05) is 4.90 Å². The lowest BCUT2D eigenvalue weighted by molar-refractivity contribution is 0.723. The number of anilines is 3. The molecule has 2 fully saturated rings. The molecule has 2 unspecified atom stereocenters. The van der Waals surface area contributed by atoms with E-state index < -0.39 is 15.8 Å². The van der Waals surface area contributed by atoms with Gasteiger partial charge in [0, 0.05) is 21.2 Å². The molecule has 0 bridgehead atoms. The predicted molar refractivity (Wildman–Crippen MR) is 193 cm³/mol. The first-order valence-corrected chi connectivity index (χ1v) is 19.4. The molecule has 2 saturated carbocycles. The van der Waals surface area contributed by atoms with Crippen LogP contribution in [0.15, 0.2) is 109 Å². The Labute approximate surface area is 264 Å². The van der Waals surface area contributed by atoms with E-state index in [4.69, 9.17) is 0 Å². The highest BCUT2D eigenvalue weighted by molar-refractivity contribution is 7.82. The average molecular weight is 608 g/mol. The van der Waals surface area contributed by atoms with Gasteiger partial charge in [0.1, 0.15) is 0 Å². The SMILES string of the molecule is Cc1cc2c3c(c1)P(c1ccccc1)c1ccc(C4CCCC4)cc1N3c1cc(C3CCCC3)ccc1P2c1ccccc1. The Hall–Kier alpha value is -3.24. The Balaban J connectivity index is 1.35. The first-order valence-electron chi connectivity index (χ1n) is 16.7. The zero-order valence-electron chi connectivity index (χ0n) is 25.5. The monoisotopic (exact) mass is 607 g/mol. The largest absolute Gasteiger partial charge is 0.308 e. The lowest BCUT2D eigenvalue weighted by Gasteiger charge is -2.45. The third-order valence-electron chi connectivity index (χ3n) is 10.6. The third-order valence-corrected chi connectivity index (χ3v) is 15.6. The number of hydrogen-bond acceptors (Lipinski definition) is 1. The number of fused-ring (bicyclic) bond motifs is 4. The van der Waals surface area contributed by atoms with E-state index >= 15 is 0 Å². The minimum absolute atomic E-state index is 0.679. The fourth-order valence-corrected chi connectivity index (χ4v) is 13.9. The Morgan fingerprint density at radius 2 is 0.932 bits per heavy atom. The summed E-state index contributed by atoms with van der Waals surface area (Å²) in [5.41, 5.74) is 8.83. The lowest BCUT2D eigenvalue weighted by atomic mass is 9.95. The van der Waals surface area contributed by atoms with Crippen LogP contribution in [-0.4, -0.2) is 0 Å². The van der Waals surface area contributed by atoms with Crippen LogP contribution in [-0.2, 0) is 0 Å². The Morgan fingerprint density at radius 1 is 0.500 bits per heavy atom. The molecule has 0 aromatic heterocycles. The normalized spacial score (nSPS) is 20.8. The standard InChI is InChI=1S/C41H39NP2/c1-28-24-39-41-40(25-28)44(34-18-6-3-7-19-34)38-23-21-32(30-14-10-11-15-30)27-36(38)42(41)35-26-31(29-12-8-9-13-29)20-22-37(35)43(39)33-16-4-2-5-17-33/h2-7,16-27,29-30H,8-15H2,1H3. The van der Waals surface area contributed by atoms with E-state index in [1.165, 1.54) is 106 Å². The lowest BCUT2D eigenvalue weighted by Crippen LogP contribution is -2.43. The molecule has 9 rings (SSSR count). The minimum atomic E-state index is -0.679. The summed E-state index contributed by atoms with van der Waals surface area (Å²) in [6, 6.07) is 43.1. The molecule has 2 heterocycles. The quantitative estimate of drug-likeness (QED) is 0.181. The van der Waals surface area contributed by atoms with Gasteiger partial charge in [-0.2, -0.15) is 0 Å². The Bertz CT molecular complexity index is 1720. The highest BCUT2D eigenvalue weighted by Crippen LogP contribution is 2.56. The summed E-state index contributed by atoms with van der Waals surface area (Å²) in [6.07, 6.45) is 10.8. The fraction of sp³-hybridized carbons (Fsp3) is 0.268. The second-order valence-electron chi connectivity index (χ2n) is 13.3. The van der Waals surface area contributed by atoms with Gasteiger partial charge in [0.05, 0.1) is 17.1 Å². The maximum Gasteiger partial charge on any atom is 0.0629 e. The van der Waals surface area contributed by atoms with Crippen LogP contribution < -0.4 is 36.7 Å². The maximum atomic E-state index is 2.75. The average Bonchev–Trinajstić information content (AvgIpc) is 3.81. The van der Waals surface area contributed by atoms with Gasteiger partial charge < -0.3 is 4.90 Å². The van der Waals surface area contributed by atoms with Crippen molar-refractivity contribution in [3.8, 4) is 0 Å². The molecule has 0 spiro atoms. The highest BCUT2D eigenvalue weighted by atomic mass is 31.1. The van der Waals surface area contributed by atoms with Crippen molar-refractivity contribution in [2.45, 2.75) is 70.1 Å². The zero-order chi connectivity index (χ0) is 29.2. The van der Waals surface area contributed by atoms with Gasteiger partial charge in [0.2, 0.25) is 0 Å².